The van der Waals surface area contributed by atoms with Gasteiger partial charge in [-0.3, -0.25) is 0 Å². The average molecular weight is 543 g/mol. The predicted molar refractivity (Wildman–Crippen MR) is 151 cm³/mol. The maximum atomic E-state index is 4.89. The van der Waals surface area contributed by atoms with Crippen LogP contribution in [0.25, 0.3) is 21.9 Å². The van der Waals surface area contributed by atoms with Crippen LogP contribution in [0.3, 0.4) is 0 Å². The van der Waals surface area contributed by atoms with Gasteiger partial charge in [0, 0.05) is 0 Å². The van der Waals surface area contributed by atoms with Crippen LogP contribution < -0.4 is 5.30 Å². The monoisotopic (exact) mass is 542 g/mol. The first-order chi connectivity index (χ1) is 16.5. The van der Waals surface area contributed by atoms with Gasteiger partial charge in [0.05, 0.1) is 0 Å². The summed E-state index contributed by atoms with van der Waals surface area (Å²) in [6.45, 7) is 9.50. The van der Waals surface area contributed by atoms with Gasteiger partial charge in [-0.25, -0.2) is 0 Å². The Morgan fingerprint density at radius 1 is 0.912 bits per heavy atom. The molecular weight excluding hydrogens is 510 g/mol. The summed E-state index contributed by atoms with van der Waals surface area (Å²) in [4.78, 5) is 0. The average Bonchev–Trinajstić information content (AvgIpc) is 3.46. The molecule has 0 nitrogen and oxygen atoms in total. The Hall–Kier alpha value is -1.01. The zero-order chi connectivity index (χ0) is 24.5. The molecule has 0 radical (unpaired) electrons. The molecule has 0 saturated heterocycles. The van der Waals surface area contributed by atoms with Crippen LogP contribution in [-0.4, -0.2) is 11.3 Å². The van der Waals surface area contributed by atoms with Gasteiger partial charge in [-0.15, -0.1) is 45.9 Å². The van der Waals surface area contributed by atoms with Crippen LogP contribution in [0, 0.1) is 6.07 Å². The minimum atomic E-state index is -0.556. The first-order valence-corrected chi connectivity index (χ1v) is 17.8. The first-order valence-electron chi connectivity index (χ1n) is 12.0. The van der Waals surface area contributed by atoms with E-state index in [1.165, 1.54) is 45.9 Å². The molecule has 0 aromatic heterocycles. The van der Waals surface area contributed by atoms with Crippen molar-refractivity contribution >= 4 is 42.6 Å². The van der Waals surface area contributed by atoms with Crippen LogP contribution in [0.4, 0.5) is 0 Å². The van der Waals surface area contributed by atoms with Crippen molar-refractivity contribution in [1.82, 2.24) is 0 Å². The van der Waals surface area contributed by atoms with Crippen molar-refractivity contribution in [2.75, 3.05) is 0 Å². The van der Waals surface area contributed by atoms with Gasteiger partial charge in [-0.05, 0) is 30.6 Å². The Morgan fingerprint density at radius 2 is 1.53 bits per heavy atom. The molecule has 0 spiro atoms. The number of rotatable bonds is 5. The second kappa shape index (κ2) is 13.9. The number of halogens is 2. The summed E-state index contributed by atoms with van der Waals surface area (Å²) in [6.07, 6.45) is 3.63. The first kappa shape index (κ1) is 27.6. The molecule has 0 fully saturated rings. The van der Waals surface area contributed by atoms with Crippen LogP contribution in [0.1, 0.15) is 51.7 Å². The van der Waals surface area contributed by atoms with E-state index in [1.54, 1.807) is 5.30 Å². The fourth-order valence-electron chi connectivity index (χ4n) is 4.62. The molecule has 4 heteroatoms. The minimum absolute atomic E-state index is 0.0252. The molecule has 0 heterocycles. The van der Waals surface area contributed by atoms with Gasteiger partial charge in [0.25, 0.3) is 0 Å². The summed E-state index contributed by atoms with van der Waals surface area (Å²) in [5, 5.41) is 4.42. The molecule has 5 rings (SSSR count). The normalized spacial score (nSPS) is 13.9. The van der Waals surface area contributed by atoms with Crippen molar-refractivity contribution in [1.29, 1.82) is 0 Å². The fourth-order valence-corrected chi connectivity index (χ4v) is 7.87. The van der Waals surface area contributed by atoms with Crippen molar-refractivity contribution in [3.8, 4) is 11.1 Å². The molecule has 34 heavy (non-hydrogen) atoms. The van der Waals surface area contributed by atoms with E-state index >= 15 is 0 Å². The van der Waals surface area contributed by atoms with Gasteiger partial charge in [0.15, 0.2) is 0 Å². The molecule has 2 unspecified atom stereocenters. The number of hydrogen-bond donors (Lipinski definition) is 0. The van der Waals surface area contributed by atoms with Crippen molar-refractivity contribution in [3.05, 3.63) is 96.1 Å². The Bertz CT molecular complexity index is 1080. The summed E-state index contributed by atoms with van der Waals surface area (Å²) >= 11 is -0.556. The van der Waals surface area contributed by atoms with E-state index in [9.17, 15) is 0 Å². The quantitative estimate of drug-likeness (QED) is 0.118. The van der Waals surface area contributed by atoms with E-state index in [0.717, 1.165) is 17.7 Å². The smallest absolute Gasteiger partial charge is 0.0253 e. The van der Waals surface area contributed by atoms with E-state index in [2.05, 4.69) is 107 Å². The Labute approximate surface area is 223 Å². The van der Waals surface area contributed by atoms with E-state index < -0.39 is 17.0 Å². The standard InChI is InChI=1S/C17H24P.C13H9.2ClH.Ti/c1-5-13(3)18(14(4)6-2)17-11-15-9-7-8-10-16(15)12-17;1-3-7-12-10(5-1)9-11-6-2-4-8-13(11)12;;;/h7-14H,5-6H2,1-4H3;1-5,7-8H,9H2;2*1H;/q2*-1;;;+2/p-2. The fraction of sp³-hybridized carbons (Fsp3) is 0.300. The number of fused-ring (bicyclic) bond motifs is 4. The molecule has 1 aliphatic carbocycles. The molecule has 4 aromatic carbocycles. The molecule has 2 atom stereocenters. The SMILES string of the molecule is CCC(C)P(c1cc2ccccc2[cH-]1)C(C)CC.[Cl][Ti][Cl].[c-]1cccc2c1Cc1ccccc1-2. The summed E-state index contributed by atoms with van der Waals surface area (Å²) in [5.41, 5.74) is 7.16. The number of hydrogen-bond acceptors (Lipinski definition) is 0. The molecule has 178 valence electrons. The van der Waals surface area contributed by atoms with Crippen LogP contribution in [0.15, 0.2) is 78.9 Å². The van der Waals surface area contributed by atoms with E-state index in [-0.39, 0.29) is 7.92 Å². The van der Waals surface area contributed by atoms with Crippen molar-refractivity contribution in [3.63, 3.8) is 0 Å². The van der Waals surface area contributed by atoms with Crippen molar-refractivity contribution < 1.29 is 17.0 Å². The molecular formula is C30H33Cl2PTi-2. The summed E-state index contributed by atoms with van der Waals surface area (Å²) < 4.78 is 0. The second-order valence-corrected chi connectivity index (χ2v) is 14.4. The van der Waals surface area contributed by atoms with Gasteiger partial charge >= 0.3 is 35.6 Å². The largest absolute Gasteiger partial charge is 0.179 e. The Morgan fingerprint density at radius 3 is 2.21 bits per heavy atom. The zero-order valence-electron chi connectivity index (χ0n) is 20.5. The third kappa shape index (κ3) is 6.81. The van der Waals surface area contributed by atoms with E-state index in [0.29, 0.717) is 0 Å². The molecule has 0 amide bonds. The Kier molecular flexibility index (Phi) is 11.3. The van der Waals surface area contributed by atoms with Crippen molar-refractivity contribution in [2.45, 2.75) is 58.3 Å². The summed E-state index contributed by atoms with van der Waals surface area (Å²) in [7, 11) is 9.75. The molecule has 1 aliphatic rings. The van der Waals surface area contributed by atoms with Gasteiger partial charge in [-0.2, -0.15) is 35.9 Å². The topological polar surface area (TPSA) is 0 Å². The van der Waals surface area contributed by atoms with Crippen molar-refractivity contribution in [2.24, 2.45) is 0 Å². The summed E-state index contributed by atoms with van der Waals surface area (Å²) in [5.74, 6) is 0. The van der Waals surface area contributed by atoms with Crippen LogP contribution in [0.5, 0.6) is 0 Å². The van der Waals surface area contributed by atoms with Gasteiger partial charge < -0.3 is 0 Å². The third-order valence-corrected chi connectivity index (χ3v) is 10.1. The number of benzene rings is 3. The van der Waals surface area contributed by atoms with Gasteiger partial charge in [0.2, 0.25) is 0 Å². The summed E-state index contributed by atoms with van der Waals surface area (Å²) in [6, 6.07) is 31.7. The van der Waals surface area contributed by atoms with Gasteiger partial charge in [0.1, 0.15) is 0 Å². The molecule has 0 N–H and O–H groups in total. The third-order valence-electron chi connectivity index (χ3n) is 6.65. The molecule has 0 aliphatic heterocycles. The predicted octanol–water partition coefficient (Wildman–Crippen LogP) is 9.70. The molecule has 0 bridgehead atoms. The maximum Gasteiger partial charge on any atom is -0.0253 e. The van der Waals surface area contributed by atoms with Crippen LogP contribution >= 0.6 is 26.5 Å². The Balaban J connectivity index is 0.000000177. The molecule has 4 aromatic rings. The molecule has 0 saturated carbocycles. The maximum absolute atomic E-state index is 4.89. The zero-order valence-corrected chi connectivity index (χ0v) is 24.5. The second-order valence-electron chi connectivity index (χ2n) is 8.73. The van der Waals surface area contributed by atoms with Crippen LogP contribution in [0.2, 0.25) is 0 Å². The van der Waals surface area contributed by atoms with Gasteiger partial charge in [-0.1, -0.05) is 77.1 Å². The van der Waals surface area contributed by atoms with E-state index in [1.807, 2.05) is 6.07 Å². The van der Waals surface area contributed by atoms with E-state index in [4.69, 9.17) is 18.6 Å². The minimum Gasteiger partial charge on any atom is -0.179 e. The van der Waals surface area contributed by atoms with Crippen LogP contribution in [-0.2, 0) is 23.5 Å².